The number of hydrazone groups is 1. The minimum absolute atomic E-state index is 0.118. The molecule has 9 nitrogen and oxygen atoms in total. The van der Waals surface area contributed by atoms with Crippen molar-refractivity contribution < 1.29 is 19.2 Å². The molecule has 2 aromatic rings. The average molecular weight is 430 g/mol. The first-order chi connectivity index (χ1) is 14.2. The molecule has 0 unspecified atom stereocenters. The highest BCUT2D eigenvalue weighted by molar-refractivity contribution is 6.40. The summed E-state index contributed by atoms with van der Waals surface area (Å²) in [4.78, 5) is 47.0. The van der Waals surface area contributed by atoms with Gasteiger partial charge >= 0.3 is 11.8 Å². The van der Waals surface area contributed by atoms with E-state index >= 15 is 0 Å². The highest BCUT2D eigenvalue weighted by Crippen LogP contribution is 2.22. The third-order valence-corrected chi connectivity index (χ3v) is 4.35. The van der Waals surface area contributed by atoms with Gasteiger partial charge in [0.1, 0.15) is 0 Å². The van der Waals surface area contributed by atoms with Gasteiger partial charge in [0.25, 0.3) is 0 Å². The summed E-state index contributed by atoms with van der Waals surface area (Å²) in [5, 5.41) is 9.27. The number of hydrogen-bond donors (Lipinski definition) is 4. The molecular formula is C20H20ClN5O4. The summed E-state index contributed by atoms with van der Waals surface area (Å²) in [7, 11) is 0. The number of carbonyl (C=O) groups is 4. The minimum atomic E-state index is -0.990. The Morgan fingerprint density at radius 3 is 2.30 bits per heavy atom. The van der Waals surface area contributed by atoms with Crippen molar-refractivity contribution in [3.63, 3.8) is 0 Å². The van der Waals surface area contributed by atoms with Gasteiger partial charge < -0.3 is 16.4 Å². The molecule has 0 radical (unpaired) electrons. The smallest absolute Gasteiger partial charge is 0.329 e. The second-order valence-electron chi connectivity index (χ2n) is 6.32. The topological polar surface area (TPSA) is 143 Å². The maximum atomic E-state index is 12.0. The molecule has 0 fully saturated rings. The van der Waals surface area contributed by atoms with Crippen LogP contribution in [0.5, 0.6) is 0 Å². The number of nitrogens with zero attached hydrogens (tertiary/aromatic N) is 1. The number of hydrogen-bond acceptors (Lipinski definition) is 5. The average Bonchev–Trinajstić information content (AvgIpc) is 2.69. The van der Waals surface area contributed by atoms with Crippen LogP contribution in [0.4, 0.5) is 11.4 Å². The van der Waals surface area contributed by atoms with Gasteiger partial charge in [-0.05, 0) is 55.8 Å². The number of benzene rings is 2. The third-order valence-electron chi connectivity index (χ3n) is 3.94. The van der Waals surface area contributed by atoms with E-state index < -0.39 is 23.6 Å². The van der Waals surface area contributed by atoms with Crippen LogP contribution in [0, 0.1) is 6.92 Å². The Morgan fingerprint density at radius 2 is 1.67 bits per heavy atom. The summed E-state index contributed by atoms with van der Waals surface area (Å²) in [5.74, 6) is -2.87. The summed E-state index contributed by atoms with van der Waals surface area (Å²) in [6.07, 6.45) is -0.118. The van der Waals surface area contributed by atoms with Crippen LogP contribution in [0.15, 0.2) is 47.6 Å². The Kier molecular flexibility index (Phi) is 7.65. The summed E-state index contributed by atoms with van der Waals surface area (Å²) < 4.78 is 0. The van der Waals surface area contributed by atoms with Crippen molar-refractivity contribution in [3.8, 4) is 0 Å². The predicted octanol–water partition coefficient (Wildman–Crippen LogP) is 2.21. The lowest BCUT2D eigenvalue weighted by Gasteiger charge is -2.09. The van der Waals surface area contributed by atoms with E-state index in [1.165, 1.54) is 31.2 Å². The number of rotatable bonds is 6. The highest BCUT2D eigenvalue weighted by atomic mass is 35.5. The van der Waals surface area contributed by atoms with Crippen LogP contribution in [-0.2, 0) is 14.4 Å². The van der Waals surface area contributed by atoms with Crippen molar-refractivity contribution in [2.45, 2.75) is 20.3 Å². The first-order valence-electron chi connectivity index (χ1n) is 8.76. The molecule has 5 N–H and O–H groups in total. The molecule has 10 heteroatoms. The van der Waals surface area contributed by atoms with Crippen LogP contribution < -0.4 is 21.8 Å². The molecule has 156 valence electrons. The molecule has 0 bridgehead atoms. The quantitative estimate of drug-likeness (QED) is 0.317. The molecular weight excluding hydrogens is 410 g/mol. The Labute approximate surface area is 177 Å². The van der Waals surface area contributed by atoms with Crippen LogP contribution in [0.2, 0.25) is 5.02 Å². The molecule has 0 aliphatic rings. The number of anilines is 2. The zero-order chi connectivity index (χ0) is 22.3. The highest BCUT2D eigenvalue weighted by Gasteiger charge is 2.15. The summed E-state index contributed by atoms with van der Waals surface area (Å²) in [6, 6.07) is 11.0. The monoisotopic (exact) mass is 429 g/mol. The van der Waals surface area contributed by atoms with Gasteiger partial charge in [-0.1, -0.05) is 17.7 Å². The summed E-state index contributed by atoms with van der Waals surface area (Å²) in [5.41, 5.74) is 9.36. The number of carbonyl (C=O) groups excluding carboxylic acids is 4. The number of nitrogens with one attached hydrogen (secondary N) is 3. The van der Waals surface area contributed by atoms with Crippen molar-refractivity contribution in [2.24, 2.45) is 10.8 Å². The van der Waals surface area contributed by atoms with E-state index in [-0.39, 0.29) is 12.1 Å². The Balaban J connectivity index is 1.86. The van der Waals surface area contributed by atoms with Crippen molar-refractivity contribution in [1.29, 1.82) is 0 Å². The van der Waals surface area contributed by atoms with Gasteiger partial charge in [-0.15, -0.1) is 0 Å². The summed E-state index contributed by atoms with van der Waals surface area (Å²) >= 11 is 5.98. The van der Waals surface area contributed by atoms with E-state index in [2.05, 4.69) is 21.2 Å². The lowest BCUT2D eigenvalue weighted by Crippen LogP contribution is -2.33. The SMILES string of the molecule is C/C(CC(=O)Nc1ccc(C(N)=O)cc1)=N\NC(=O)C(=O)Nc1cccc(Cl)c1C. The fourth-order valence-corrected chi connectivity index (χ4v) is 2.49. The van der Waals surface area contributed by atoms with Crippen molar-refractivity contribution >= 4 is 52.3 Å². The van der Waals surface area contributed by atoms with E-state index in [0.717, 1.165) is 0 Å². The third kappa shape index (κ3) is 6.42. The Bertz CT molecular complexity index is 1020. The van der Waals surface area contributed by atoms with Crippen molar-refractivity contribution in [1.82, 2.24) is 5.43 Å². The van der Waals surface area contributed by atoms with E-state index in [9.17, 15) is 19.2 Å². The van der Waals surface area contributed by atoms with Gasteiger partial charge in [-0.25, -0.2) is 5.43 Å². The normalized spacial score (nSPS) is 10.8. The van der Waals surface area contributed by atoms with E-state index in [0.29, 0.717) is 27.5 Å². The molecule has 2 aromatic carbocycles. The molecule has 0 heterocycles. The zero-order valence-corrected chi connectivity index (χ0v) is 17.0. The lowest BCUT2D eigenvalue weighted by atomic mass is 10.2. The van der Waals surface area contributed by atoms with Crippen LogP contribution in [0.25, 0.3) is 0 Å². The molecule has 0 saturated heterocycles. The van der Waals surface area contributed by atoms with E-state index in [1.807, 2.05) is 0 Å². The molecule has 0 aliphatic heterocycles. The minimum Gasteiger partial charge on any atom is -0.366 e. The van der Waals surface area contributed by atoms with Gasteiger partial charge in [0.15, 0.2) is 0 Å². The second-order valence-corrected chi connectivity index (χ2v) is 6.73. The fraction of sp³-hybridized carbons (Fsp3) is 0.150. The molecule has 2 rings (SSSR count). The standard InChI is InChI=1S/C20H20ClN5O4/c1-11(10-17(27)23-14-8-6-13(7-9-14)18(22)28)25-26-20(30)19(29)24-16-5-3-4-15(21)12(16)2/h3-9H,10H2,1-2H3,(H2,22,28)(H,23,27)(H,24,29)(H,26,30)/b25-11+. The van der Waals surface area contributed by atoms with Crippen LogP contribution >= 0.6 is 11.6 Å². The maximum Gasteiger partial charge on any atom is 0.329 e. The van der Waals surface area contributed by atoms with Gasteiger partial charge in [0.05, 0.1) is 6.42 Å². The molecule has 0 spiro atoms. The summed E-state index contributed by atoms with van der Waals surface area (Å²) in [6.45, 7) is 3.23. The second kappa shape index (κ2) is 10.2. The predicted molar refractivity (Wildman–Crippen MR) is 114 cm³/mol. The van der Waals surface area contributed by atoms with Crippen molar-refractivity contribution in [2.75, 3.05) is 10.6 Å². The largest absolute Gasteiger partial charge is 0.366 e. The first-order valence-corrected chi connectivity index (χ1v) is 9.14. The Hall–Kier alpha value is -3.72. The van der Waals surface area contributed by atoms with E-state index in [4.69, 9.17) is 17.3 Å². The van der Waals surface area contributed by atoms with Crippen LogP contribution in [0.1, 0.15) is 29.3 Å². The maximum absolute atomic E-state index is 12.0. The Morgan fingerprint density at radius 1 is 1.00 bits per heavy atom. The van der Waals surface area contributed by atoms with Crippen LogP contribution in [-0.4, -0.2) is 29.3 Å². The zero-order valence-electron chi connectivity index (χ0n) is 16.3. The van der Waals surface area contributed by atoms with E-state index in [1.54, 1.807) is 25.1 Å². The molecule has 0 aliphatic carbocycles. The molecule has 4 amide bonds. The number of amides is 4. The molecule has 0 atom stereocenters. The van der Waals surface area contributed by atoms with Gasteiger partial charge in [-0.3, -0.25) is 19.2 Å². The molecule has 30 heavy (non-hydrogen) atoms. The molecule has 0 saturated carbocycles. The number of nitrogens with two attached hydrogens (primary N) is 1. The lowest BCUT2D eigenvalue weighted by molar-refractivity contribution is -0.136. The fourth-order valence-electron chi connectivity index (χ4n) is 2.31. The molecule has 0 aromatic heterocycles. The van der Waals surface area contributed by atoms with Crippen molar-refractivity contribution in [3.05, 3.63) is 58.6 Å². The first kappa shape index (κ1) is 22.6. The van der Waals surface area contributed by atoms with Crippen LogP contribution in [0.3, 0.4) is 0 Å². The number of halogens is 1. The van der Waals surface area contributed by atoms with Gasteiger partial charge in [-0.2, -0.15) is 5.10 Å². The van der Waals surface area contributed by atoms with Gasteiger partial charge in [0, 0.05) is 27.7 Å². The van der Waals surface area contributed by atoms with Gasteiger partial charge in [0.2, 0.25) is 11.8 Å². The number of primary amides is 1.